The molecule has 1 aromatic carbocycles. The highest BCUT2D eigenvalue weighted by molar-refractivity contribution is 5.93. The number of ether oxygens (including phenoxy) is 2. The molecule has 1 aliphatic heterocycles. The summed E-state index contributed by atoms with van der Waals surface area (Å²) in [6, 6.07) is 5.30. The van der Waals surface area contributed by atoms with Gasteiger partial charge in [0.2, 0.25) is 5.91 Å². The first-order valence-electron chi connectivity index (χ1n) is 6.50. The van der Waals surface area contributed by atoms with Gasteiger partial charge in [0.05, 0.1) is 19.6 Å². The second-order valence-corrected chi connectivity index (χ2v) is 4.73. The molecule has 0 aromatic heterocycles. The van der Waals surface area contributed by atoms with Crippen LogP contribution in [-0.2, 0) is 9.53 Å². The molecular weight excluding hydrogens is 303 g/mol. The van der Waals surface area contributed by atoms with Crippen LogP contribution in [0, 0.1) is 0 Å². The van der Waals surface area contributed by atoms with Gasteiger partial charge in [-0.3, -0.25) is 4.79 Å². The molecular formula is C14H14F3NO4. The molecule has 22 heavy (non-hydrogen) atoms. The van der Waals surface area contributed by atoms with Crippen LogP contribution in [-0.4, -0.2) is 43.3 Å². The molecule has 0 aliphatic carbocycles. The Morgan fingerprint density at radius 2 is 2.00 bits per heavy atom. The fourth-order valence-corrected chi connectivity index (χ4v) is 2.16. The summed E-state index contributed by atoms with van der Waals surface area (Å²) in [5.74, 6) is -2.47. The molecule has 0 spiro atoms. The monoisotopic (exact) mass is 317 g/mol. The van der Waals surface area contributed by atoms with E-state index in [1.54, 1.807) is 0 Å². The molecule has 0 saturated carbocycles. The van der Waals surface area contributed by atoms with Crippen molar-refractivity contribution < 1.29 is 32.2 Å². The average molecular weight is 317 g/mol. The predicted octanol–water partition coefficient (Wildman–Crippen LogP) is 2.71. The van der Waals surface area contributed by atoms with Crippen molar-refractivity contribution >= 4 is 12.0 Å². The fraction of sp³-hybridized carbons (Fsp3) is 0.429. The van der Waals surface area contributed by atoms with Crippen LogP contribution >= 0.6 is 0 Å². The smallest absolute Gasteiger partial charge is 0.416 e. The lowest BCUT2D eigenvalue weighted by atomic mass is 9.94. The summed E-state index contributed by atoms with van der Waals surface area (Å²) in [7, 11) is 1.40. The maximum atomic E-state index is 13.2. The summed E-state index contributed by atoms with van der Waals surface area (Å²) in [5, 5.41) is 0. The number of alkyl halides is 3. The summed E-state index contributed by atoms with van der Waals surface area (Å²) < 4.78 is 49.1. The molecule has 1 aromatic rings. The van der Waals surface area contributed by atoms with E-state index in [4.69, 9.17) is 4.74 Å². The number of cyclic esters (lactones) is 1. The average Bonchev–Trinajstić information content (AvgIpc) is 2.90. The van der Waals surface area contributed by atoms with Crippen molar-refractivity contribution in [3.63, 3.8) is 0 Å². The van der Waals surface area contributed by atoms with Gasteiger partial charge in [-0.25, -0.2) is 9.69 Å². The Balaban J connectivity index is 2.19. The molecule has 1 heterocycles. The van der Waals surface area contributed by atoms with E-state index in [0.717, 1.165) is 0 Å². The van der Waals surface area contributed by atoms with Crippen molar-refractivity contribution in [2.24, 2.45) is 0 Å². The normalized spacial score (nSPS) is 16.4. The molecule has 0 bridgehead atoms. The Kier molecular flexibility index (Phi) is 4.58. The third-order valence-electron chi connectivity index (χ3n) is 3.35. The largest absolute Gasteiger partial charge is 0.497 e. The lowest BCUT2D eigenvalue weighted by Gasteiger charge is -2.22. The maximum absolute atomic E-state index is 13.2. The van der Waals surface area contributed by atoms with Crippen molar-refractivity contribution in [2.45, 2.75) is 18.5 Å². The maximum Gasteiger partial charge on any atom is 0.416 e. The molecule has 2 amide bonds. The molecule has 120 valence electrons. The van der Waals surface area contributed by atoms with Gasteiger partial charge in [-0.2, -0.15) is 13.2 Å². The predicted molar refractivity (Wildman–Crippen MR) is 69.5 cm³/mol. The number of hydrogen-bond donors (Lipinski definition) is 0. The zero-order chi connectivity index (χ0) is 16.3. The molecule has 0 N–H and O–H groups in total. The lowest BCUT2D eigenvalue weighted by molar-refractivity contribution is -0.159. The van der Waals surface area contributed by atoms with Gasteiger partial charge >= 0.3 is 12.3 Å². The van der Waals surface area contributed by atoms with E-state index in [1.165, 1.54) is 31.4 Å². The van der Waals surface area contributed by atoms with Crippen LogP contribution < -0.4 is 4.74 Å². The number of methoxy groups -OCH3 is 1. The van der Waals surface area contributed by atoms with Gasteiger partial charge in [-0.15, -0.1) is 0 Å². The summed E-state index contributed by atoms with van der Waals surface area (Å²) in [5.41, 5.74) is -0.0609. The Morgan fingerprint density at radius 3 is 2.45 bits per heavy atom. The molecule has 1 fully saturated rings. The highest BCUT2D eigenvalue weighted by Gasteiger charge is 2.43. The van der Waals surface area contributed by atoms with Crippen LogP contribution in [0.25, 0.3) is 0 Å². The third kappa shape index (κ3) is 3.49. The van der Waals surface area contributed by atoms with E-state index in [0.29, 0.717) is 10.6 Å². The van der Waals surface area contributed by atoms with Gasteiger partial charge in [-0.05, 0) is 17.7 Å². The number of carbonyl (C=O) groups is 2. The number of nitrogens with zero attached hydrogens (tertiary/aromatic N) is 1. The number of rotatable bonds is 4. The van der Waals surface area contributed by atoms with Gasteiger partial charge in [0, 0.05) is 6.42 Å². The van der Waals surface area contributed by atoms with Crippen LogP contribution in [0.1, 0.15) is 17.9 Å². The molecule has 0 radical (unpaired) electrons. The topological polar surface area (TPSA) is 55.8 Å². The van der Waals surface area contributed by atoms with Gasteiger partial charge in [-0.1, -0.05) is 12.1 Å². The summed E-state index contributed by atoms with van der Waals surface area (Å²) in [6.45, 7) is -0.0192. The number of carbonyl (C=O) groups excluding carboxylic acids is 2. The van der Waals surface area contributed by atoms with Crippen molar-refractivity contribution in [1.82, 2.24) is 4.90 Å². The Labute approximate surface area is 124 Å². The summed E-state index contributed by atoms with van der Waals surface area (Å²) >= 11 is 0. The number of halogens is 3. The Morgan fingerprint density at radius 1 is 1.36 bits per heavy atom. The fourth-order valence-electron chi connectivity index (χ4n) is 2.16. The second kappa shape index (κ2) is 6.25. The molecule has 1 aliphatic rings. The number of benzene rings is 1. The zero-order valence-corrected chi connectivity index (χ0v) is 11.7. The minimum Gasteiger partial charge on any atom is -0.497 e. The van der Waals surface area contributed by atoms with Crippen molar-refractivity contribution in [2.75, 3.05) is 20.3 Å². The van der Waals surface area contributed by atoms with Crippen LogP contribution in [0.5, 0.6) is 5.75 Å². The van der Waals surface area contributed by atoms with Crippen LogP contribution in [0.15, 0.2) is 24.3 Å². The van der Waals surface area contributed by atoms with E-state index < -0.39 is 30.5 Å². The number of amides is 2. The quantitative estimate of drug-likeness (QED) is 0.857. The first-order valence-corrected chi connectivity index (χ1v) is 6.50. The van der Waals surface area contributed by atoms with Crippen LogP contribution in [0.4, 0.5) is 18.0 Å². The lowest BCUT2D eigenvalue weighted by Crippen LogP contribution is -2.35. The highest BCUT2D eigenvalue weighted by atomic mass is 19.4. The standard InChI is InChI=1S/C14H14F3NO4/c1-21-10-4-2-9(3-5-10)11(14(15,16)17)8-12(19)18-6-7-22-13(18)20/h2-5,11H,6-8H2,1H3/t11-/m0/s1. The van der Waals surface area contributed by atoms with E-state index in [1.807, 2.05) is 0 Å². The van der Waals surface area contributed by atoms with E-state index in [9.17, 15) is 22.8 Å². The van der Waals surface area contributed by atoms with E-state index in [2.05, 4.69) is 4.74 Å². The Bertz CT molecular complexity index is 556. The van der Waals surface area contributed by atoms with Gasteiger partial charge in [0.1, 0.15) is 12.4 Å². The molecule has 1 atom stereocenters. The summed E-state index contributed by atoms with van der Waals surface area (Å²) in [6.07, 6.45) is -6.35. The SMILES string of the molecule is COc1ccc([C@H](CC(=O)N2CCOC2=O)C(F)(F)F)cc1. The zero-order valence-electron chi connectivity index (χ0n) is 11.7. The van der Waals surface area contributed by atoms with E-state index in [-0.39, 0.29) is 18.7 Å². The van der Waals surface area contributed by atoms with Gasteiger partial charge < -0.3 is 9.47 Å². The molecule has 2 rings (SSSR count). The highest BCUT2D eigenvalue weighted by Crippen LogP contribution is 2.38. The van der Waals surface area contributed by atoms with Gasteiger partial charge in [0.15, 0.2) is 0 Å². The van der Waals surface area contributed by atoms with Crippen LogP contribution in [0.3, 0.4) is 0 Å². The number of hydrogen-bond acceptors (Lipinski definition) is 4. The molecule has 5 nitrogen and oxygen atoms in total. The first kappa shape index (κ1) is 16.1. The minimum absolute atomic E-state index is 0.00376. The minimum atomic E-state index is -4.60. The first-order chi connectivity index (χ1) is 10.3. The van der Waals surface area contributed by atoms with E-state index >= 15 is 0 Å². The van der Waals surface area contributed by atoms with Crippen LogP contribution in [0.2, 0.25) is 0 Å². The van der Waals surface area contributed by atoms with Crippen molar-refractivity contribution in [3.8, 4) is 5.75 Å². The summed E-state index contributed by atoms with van der Waals surface area (Å²) in [4.78, 5) is 23.9. The molecule has 0 unspecified atom stereocenters. The molecule has 8 heteroatoms. The number of imide groups is 1. The molecule has 1 saturated heterocycles. The van der Waals surface area contributed by atoms with Crippen molar-refractivity contribution in [3.05, 3.63) is 29.8 Å². The second-order valence-electron chi connectivity index (χ2n) is 4.73. The van der Waals surface area contributed by atoms with Crippen molar-refractivity contribution in [1.29, 1.82) is 0 Å². The van der Waals surface area contributed by atoms with Gasteiger partial charge in [0.25, 0.3) is 0 Å². The Hall–Kier alpha value is -2.25. The third-order valence-corrected chi connectivity index (χ3v) is 3.35.